The number of allylic oxidation sites excluding steroid dienone is 1. The molecule has 0 radical (unpaired) electrons. The van der Waals surface area contributed by atoms with Crippen molar-refractivity contribution in [1.29, 1.82) is 0 Å². The predicted octanol–water partition coefficient (Wildman–Crippen LogP) is 3.69. The number of hydrogen-bond donors (Lipinski definition) is 0. The summed E-state index contributed by atoms with van der Waals surface area (Å²) in [6, 6.07) is 10.4. The summed E-state index contributed by atoms with van der Waals surface area (Å²) in [5, 5.41) is 1.22. The van der Waals surface area contributed by atoms with Gasteiger partial charge in [0.25, 0.3) is 0 Å². The van der Waals surface area contributed by atoms with Gasteiger partial charge in [-0.05, 0) is 31.1 Å². The van der Waals surface area contributed by atoms with Crippen LogP contribution in [0.3, 0.4) is 0 Å². The van der Waals surface area contributed by atoms with Crippen LogP contribution in [0.2, 0.25) is 0 Å². The highest BCUT2D eigenvalue weighted by molar-refractivity contribution is 5.98. The van der Waals surface area contributed by atoms with Crippen molar-refractivity contribution < 1.29 is 0 Å². The van der Waals surface area contributed by atoms with Crippen LogP contribution in [0.1, 0.15) is 17.7 Å². The van der Waals surface area contributed by atoms with Gasteiger partial charge < -0.3 is 0 Å². The Morgan fingerprint density at radius 1 is 1.06 bits per heavy atom. The number of hydrogen-bond acceptors (Lipinski definition) is 2. The molecule has 86 valence electrons. The van der Waals surface area contributed by atoms with Gasteiger partial charge in [0.1, 0.15) is 0 Å². The lowest BCUT2D eigenvalue weighted by Crippen LogP contribution is -1.96. The fourth-order valence-electron chi connectivity index (χ4n) is 2.71. The van der Waals surface area contributed by atoms with Crippen molar-refractivity contribution in [3.8, 4) is 11.3 Å². The quantitative estimate of drug-likeness (QED) is 0.590. The molecule has 2 nitrogen and oxygen atoms in total. The van der Waals surface area contributed by atoms with Crippen molar-refractivity contribution in [1.82, 2.24) is 9.97 Å². The minimum absolute atomic E-state index is 1.04. The van der Waals surface area contributed by atoms with E-state index in [-0.39, 0.29) is 0 Å². The number of nitrogens with zero attached hydrogens (tertiary/aromatic N) is 2. The van der Waals surface area contributed by atoms with E-state index in [0.29, 0.717) is 0 Å². The van der Waals surface area contributed by atoms with Gasteiger partial charge in [-0.15, -0.1) is 0 Å². The average Bonchev–Trinajstić information content (AvgIpc) is 2.69. The number of benzene rings is 1. The van der Waals surface area contributed by atoms with Gasteiger partial charge in [-0.3, -0.25) is 4.98 Å². The van der Waals surface area contributed by atoms with Crippen LogP contribution in [0.15, 0.2) is 42.6 Å². The molecule has 0 atom stereocenters. The molecule has 1 aromatic carbocycles. The maximum Gasteiger partial charge on any atom is 0.0770 e. The Hall–Kier alpha value is -2.22. The first-order valence-electron chi connectivity index (χ1n) is 6.26. The molecule has 0 amide bonds. The van der Waals surface area contributed by atoms with Crippen molar-refractivity contribution in [3.63, 3.8) is 0 Å². The average molecular weight is 232 g/mol. The molecule has 0 bridgehead atoms. The molecule has 0 saturated carbocycles. The monoisotopic (exact) mass is 232 g/mol. The second-order valence-electron chi connectivity index (χ2n) is 4.64. The molecule has 3 aliphatic rings. The zero-order chi connectivity index (χ0) is 11.9. The number of fused-ring (bicyclic) bond motifs is 5. The van der Waals surface area contributed by atoms with Gasteiger partial charge in [0.15, 0.2) is 0 Å². The Morgan fingerprint density at radius 2 is 2.00 bits per heavy atom. The van der Waals surface area contributed by atoms with Crippen LogP contribution in [-0.2, 0) is 6.42 Å². The minimum atomic E-state index is 1.04. The van der Waals surface area contributed by atoms with Crippen molar-refractivity contribution in [2.45, 2.75) is 12.8 Å². The smallest absolute Gasteiger partial charge is 0.0770 e. The molecular weight excluding hydrogens is 220 g/mol. The summed E-state index contributed by atoms with van der Waals surface area (Å²) in [5.41, 5.74) is 5.77. The van der Waals surface area contributed by atoms with Gasteiger partial charge in [0, 0.05) is 22.7 Å². The second-order valence-corrected chi connectivity index (χ2v) is 4.64. The minimum Gasteiger partial charge on any atom is -0.257 e. The number of aromatic nitrogens is 2. The Balaban J connectivity index is 2.16. The van der Waals surface area contributed by atoms with Crippen LogP contribution in [0, 0.1) is 0 Å². The van der Waals surface area contributed by atoms with E-state index in [9.17, 15) is 0 Å². The first-order chi connectivity index (χ1) is 8.93. The normalized spacial score (nSPS) is 14.0. The SMILES string of the molecule is C1=Cc2nccc3c4ccccc4nc-3c2CC1. The fraction of sp³-hybridized carbons (Fsp3) is 0.125. The topological polar surface area (TPSA) is 25.8 Å². The molecule has 1 aromatic rings. The van der Waals surface area contributed by atoms with Crippen molar-refractivity contribution >= 4 is 17.0 Å². The van der Waals surface area contributed by atoms with Crippen molar-refractivity contribution in [2.75, 3.05) is 0 Å². The molecule has 0 aromatic heterocycles. The molecule has 0 fully saturated rings. The molecule has 0 N–H and O–H groups in total. The molecule has 1 aliphatic carbocycles. The molecule has 0 spiro atoms. The van der Waals surface area contributed by atoms with E-state index >= 15 is 0 Å². The van der Waals surface area contributed by atoms with Crippen LogP contribution in [-0.4, -0.2) is 9.97 Å². The third-order valence-corrected chi connectivity index (χ3v) is 3.57. The van der Waals surface area contributed by atoms with Gasteiger partial charge in [0.05, 0.1) is 16.9 Å². The van der Waals surface area contributed by atoms with Crippen LogP contribution in [0.5, 0.6) is 0 Å². The zero-order valence-corrected chi connectivity index (χ0v) is 9.93. The maximum atomic E-state index is 4.79. The molecule has 0 saturated heterocycles. The van der Waals surface area contributed by atoms with Crippen molar-refractivity contribution in [2.24, 2.45) is 0 Å². The summed E-state index contributed by atoms with van der Waals surface area (Å²) in [6.45, 7) is 0. The second kappa shape index (κ2) is 3.64. The van der Waals surface area contributed by atoms with E-state index in [1.165, 1.54) is 16.5 Å². The van der Waals surface area contributed by atoms with Gasteiger partial charge in [-0.1, -0.05) is 24.3 Å². The summed E-state index contributed by atoms with van der Waals surface area (Å²) in [6.07, 6.45) is 8.30. The number of rotatable bonds is 0. The van der Waals surface area contributed by atoms with E-state index in [4.69, 9.17) is 4.98 Å². The molecule has 18 heavy (non-hydrogen) atoms. The Morgan fingerprint density at radius 3 is 3.00 bits per heavy atom. The Bertz CT molecular complexity index is 743. The summed E-state index contributed by atoms with van der Waals surface area (Å²) < 4.78 is 0. The van der Waals surface area contributed by atoms with Gasteiger partial charge >= 0.3 is 0 Å². The number of para-hydroxylation sites is 1. The van der Waals surface area contributed by atoms with Crippen molar-refractivity contribution in [3.05, 3.63) is 53.9 Å². The zero-order valence-electron chi connectivity index (χ0n) is 9.93. The van der Waals surface area contributed by atoms with E-state index in [1.54, 1.807) is 0 Å². The Kier molecular flexibility index (Phi) is 1.97. The Labute approximate surface area is 105 Å². The van der Waals surface area contributed by atoms with E-state index in [2.05, 4.69) is 41.4 Å². The first-order valence-corrected chi connectivity index (χ1v) is 6.26. The van der Waals surface area contributed by atoms with Gasteiger partial charge in [-0.25, -0.2) is 4.98 Å². The lowest BCUT2D eigenvalue weighted by molar-refractivity contribution is 0.970. The highest BCUT2D eigenvalue weighted by Gasteiger charge is 2.17. The fourth-order valence-corrected chi connectivity index (χ4v) is 2.71. The summed E-state index contributed by atoms with van der Waals surface area (Å²) >= 11 is 0. The predicted molar refractivity (Wildman–Crippen MR) is 73.5 cm³/mol. The molecule has 2 aliphatic heterocycles. The lowest BCUT2D eigenvalue weighted by atomic mass is 9.98. The highest BCUT2D eigenvalue weighted by atomic mass is 14.8. The van der Waals surface area contributed by atoms with E-state index in [1.807, 2.05) is 12.3 Å². The summed E-state index contributed by atoms with van der Waals surface area (Å²) in [4.78, 5) is 9.31. The van der Waals surface area contributed by atoms with Crippen LogP contribution >= 0.6 is 0 Å². The molecule has 0 unspecified atom stereocenters. The molecular formula is C16H12N2. The lowest BCUT2D eigenvalue weighted by Gasteiger charge is -2.07. The van der Waals surface area contributed by atoms with Crippen LogP contribution in [0.4, 0.5) is 0 Å². The van der Waals surface area contributed by atoms with E-state index < -0.39 is 0 Å². The summed E-state index contributed by atoms with van der Waals surface area (Å²) in [7, 11) is 0. The molecule has 2 heterocycles. The maximum absolute atomic E-state index is 4.79. The third kappa shape index (κ3) is 1.29. The third-order valence-electron chi connectivity index (χ3n) is 3.57. The summed E-state index contributed by atoms with van der Waals surface area (Å²) in [5.74, 6) is 0. The largest absolute Gasteiger partial charge is 0.257 e. The van der Waals surface area contributed by atoms with Gasteiger partial charge in [-0.2, -0.15) is 0 Å². The molecule has 2 heteroatoms. The highest BCUT2D eigenvalue weighted by Crippen LogP contribution is 2.35. The van der Waals surface area contributed by atoms with Crippen LogP contribution in [0.25, 0.3) is 28.2 Å². The van der Waals surface area contributed by atoms with Gasteiger partial charge in [0.2, 0.25) is 0 Å². The van der Waals surface area contributed by atoms with Crippen LogP contribution < -0.4 is 0 Å². The first kappa shape index (κ1) is 9.77. The van der Waals surface area contributed by atoms with E-state index in [0.717, 1.165) is 29.7 Å². The molecule has 4 rings (SSSR count). The standard InChI is InChI=1S/C16H12N2/c1-4-8-15-11(5-1)12-9-10-17-14-7-3-2-6-13(14)16(12)18-15/h1,3-5,7-10H,2,6H2.